The monoisotopic (exact) mass is 393 g/mol. The summed E-state index contributed by atoms with van der Waals surface area (Å²) in [6.45, 7) is 3.73. The van der Waals surface area contributed by atoms with E-state index in [9.17, 15) is 9.59 Å². The third-order valence-corrected chi connectivity index (χ3v) is 4.74. The fourth-order valence-corrected chi connectivity index (χ4v) is 2.95. The van der Waals surface area contributed by atoms with Crippen LogP contribution in [0, 0.1) is 6.92 Å². The topological polar surface area (TPSA) is 78.4 Å². The molecule has 0 atom stereocenters. The lowest BCUT2D eigenvalue weighted by Crippen LogP contribution is -2.48. The van der Waals surface area contributed by atoms with Crippen molar-refractivity contribution in [3.8, 4) is 0 Å². The summed E-state index contributed by atoms with van der Waals surface area (Å²) in [7, 11) is 0. The van der Waals surface area contributed by atoms with E-state index in [-0.39, 0.29) is 5.91 Å². The molecular formula is C17H17Cl2N5O2. The molecule has 0 spiro atoms. The number of nitrogens with one attached hydrogen (secondary N) is 1. The molecule has 2 heterocycles. The number of piperazine rings is 1. The summed E-state index contributed by atoms with van der Waals surface area (Å²) in [6.07, 6.45) is 0.802. The SMILES string of the molecule is Cc1nc(Nc2ccc(Cl)c(Cl)c2)cc(C(=O)N2CCN(C=O)CC2)n1. The molecule has 1 fully saturated rings. The van der Waals surface area contributed by atoms with Gasteiger partial charge in [-0.05, 0) is 25.1 Å². The molecule has 0 unspecified atom stereocenters. The van der Waals surface area contributed by atoms with Crippen molar-refractivity contribution in [2.24, 2.45) is 0 Å². The number of hydrogen-bond donors (Lipinski definition) is 1. The molecule has 1 aliphatic rings. The van der Waals surface area contributed by atoms with E-state index < -0.39 is 0 Å². The molecule has 3 rings (SSSR count). The Balaban J connectivity index is 1.77. The van der Waals surface area contributed by atoms with E-state index in [2.05, 4.69) is 15.3 Å². The van der Waals surface area contributed by atoms with Crippen LogP contribution in [0.2, 0.25) is 10.0 Å². The van der Waals surface area contributed by atoms with Crippen LogP contribution >= 0.6 is 23.2 Å². The number of anilines is 2. The minimum atomic E-state index is -0.182. The zero-order valence-corrected chi connectivity index (χ0v) is 15.6. The van der Waals surface area contributed by atoms with E-state index >= 15 is 0 Å². The normalized spacial score (nSPS) is 14.3. The summed E-state index contributed by atoms with van der Waals surface area (Å²) in [5.74, 6) is 0.786. The zero-order valence-electron chi connectivity index (χ0n) is 14.1. The van der Waals surface area contributed by atoms with Crippen molar-refractivity contribution >= 4 is 47.0 Å². The van der Waals surface area contributed by atoms with Gasteiger partial charge in [0, 0.05) is 37.9 Å². The molecule has 0 saturated carbocycles. The highest BCUT2D eigenvalue weighted by Gasteiger charge is 2.23. The lowest BCUT2D eigenvalue weighted by Gasteiger charge is -2.32. The van der Waals surface area contributed by atoms with E-state index in [0.29, 0.717) is 59.2 Å². The minimum Gasteiger partial charge on any atom is -0.342 e. The number of carbonyl (C=O) groups excluding carboxylic acids is 2. The Bertz CT molecular complexity index is 838. The zero-order chi connectivity index (χ0) is 18.7. The van der Waals surface area contributed by atoms with E-state index in [1.165, 1.54) is 0 Å². The van der Waals surface area contributed by atoms with E-state index in [0.717, 1.165) is 6.41 Å². The quantitative estimate of drug-likeness (QED) is 0.807. The second-order valence-electron chi connectivity index (χ2n) is 5.87. The Morgan fingerprint density at radius 3 is 2.50 bits per heavy atom. The second-order valence-corrected chi connectivity index (χ2v) is 6.69. The van der Waals surface area contributed by atoms with Crippen molar-refractivity contribution in [1.82, 2.24) is 19.8 Å². The summed E-state index contributed by atoms with van der Waals surface area (Å²) in [6, 6.07) is 6.73. The third-order valence-electron chi connectivity index (χ3n) is 4.00. The maximum absolute atomic E-state index is 12.7. The van der Waals surface area contributed by atoms with Gasteiger partial charge in [0.15, 0.2) is 0 Å². The number of carbonyl (C=O) groups is 2. The van der Waals surface area contributed by atoms with E-state index in [4.69, 9.17) is 23.2 Å². The summed E-state index contributed by atoms with van der Waals surface area (Å²) < 4.78 is 0. The van der Waals surface area contributed by atoms with Crippen molar-refractivity contribution in [1.29, 1.82) is 0 Å². The maximum Gasteiger partial charge on any atom is 0.272 e. The maximum atomic E-state index is 12.7. The number of amides is 2. The highest BCUT2D eigenvalue weighted by atomic mass is 35.5. The van der Waals surface area contributed by atoms with Crippen LogP contribution in [0.3, 0.4) is 0 Å². The largest absolute Gasteiger partial charge is 0.342 e. The molecule has 1 aromatic carbocycles. The van der Waals surface area contributed by atoms with Gasteiger partial charge in [0.25, 0.3) is 5.91 Å². The standard InChI is InChI=1S/C17H17Cl2N5O2/c1-11-20-15(17(26)24-6-4-23(10-25)5-7-24)9-16(21-11)22-12-2-3-13(18)14(19)8-12/h2-3,8-10H,4-7H2,1H3,(H,20,21,22). The lowest BCUT2D eigenvalue weighted by atomic mass is 10.2. The molecule has 1 N–H and O–H groups in total. The molecule has 9 heteroatoms. The molecule has 0 aliphatic carbocycles. The van der Waals surface area contributed by atoms with Crippen LogP contribution in [0.15, 0.2) is 24.3 Å². The molecule has 26 heavy (non-hydrogen) atoms. The Morgan fingerprint density at radius 2 is 1.85 bits per heavy atom. The Kier molecular flexibility index (Phi) is 5.58. The van der Waals surface area contributed by atoms with E-state index in [1.54, 1.807) is 41.0 Å². The molecule has 136 valence electrons. The van der Waals surface area contributed by atoms with Crippen LogP contribution in [-0.4, -0.2) is 58.3 Å². The minimum absolute atomic E-state index is 0.182. The van der Waals surface area contributed by atoms with Crippen molar-refractivity contribution < 1.29 is 9.59 Å². The predicted octanol–water partition coefficient (Wildman–Crippen LogP) is 2.75. The summed E-state index contributed by atoms with van der Waals surface area (Å²) in [5, 5.41) is 3.99. The van der Waals surface area contributed by atoms with Gasteiger partial charge in [-0.25, -0.2) is 9.97 Å². The van der Waals surface area contributed by atoms with Crippen molar-refractivity contribution in [2.75, 3.05) is 31.5 Å². The molecule has 2 amide bonds. The van der Waals surface area contributed by atoms with Crippen LogP contribution in [0.1, 0.15) is 16.3 Å². The van der Waals surface area contributed by atoms with Crippen LogP contribution in [-0.2, 0) is 4.79 Å². The van der Waals surface area contributed by atoms with Gasteiger partial charge >= 0.3 is 0 Å². The van der Waals surface area contributed by atoms with Crippen LogP contribution in [0.4, 0.5) is 11.5 Å². The number of benzene rings is 1. The van der Waals surface area contributed by atoms with Crippen molar-refractivity contribution in [3.05, 3.63) is 45.8 Å². The number of halogens is 2. The number of rotatable bonds is 4. The summed E-state index contributed by atoms with van der Waals surface area (Å²) >= 11 is 11.9. The Hall–Kier alpha value is -2.38. The predicted molar refractivity (Wildman–Crippen MR) is 100 cm³/mol. The average molecular weight is 394 g/mol. The number of nitrogens with zero attached hydrogens (tertiary/aromatic N) is 4. The number of hydrogen-bond acceptors (Lipinski definition) is 5. The second kappa shape index (κ2) is 7.88. The molecule has 1 saturated heterocycles. The fraction of sp³-hybridized carbons (Fsp3) is 0.294. The van der Waals surface area contributed by atoms with Gasteiger partial charge in [0.05, 0.1) is 10.0 Å². The highest BCUT2D eigenvalue weighted by molar-refractivity contribution is 6.42. The fourth-order valence-electron chi connectivity index (χ4n) is 2.66. The smallest absolute Gasteiger partial charge is 0.272 e. The van der Waals surface area contributed by atoms with Gasteiger partial charge in [-0.1, -0.05) is 23.2 Å². The first-order valence-electron chi connectivity index (χ1n) is 8.02. The molecule has 7 nitrogen and oxygen atoms in total. The molecule has 1 aromatic heterocycles. The molecular weight excluding hydrogens is 377 g/mol. The summed E-state index contributed by atoms with van der Waals surface area (Å²) in [4.78, 5) is 35.4. The average Bonchev–Trinajstić information content (AvgIpc) is 2.64. The Labute approximate surface area is 160 Å². The van der Waals surface area contributed by atoms with Gasteiger partial charge in [0.2, 0.25) is 6.41 Å². The highest BCUT2D eigenvalue weighted by Crippen LogP contribution is 2.26. The van der Waals surface area contributed by atoms with Crippen molar-refractivity contribution in [2.45, 2.75) is 6.92 Å². The van der Waals surface area contributed by atoms with Crippen LogP contribution in [0.5, 0.6) is 0 Å². The third kappa shape index (κ3) is 4.23. The lowest BCUT2D eigenvalue weighted by molar-refractivity contribution is -0.119. The van der Waals surface area contributed by atoms with Gasteiger partial charge < -0.3 is 15.1 Å². The van der Waals surface area contributed by atoms with Gasteiger partial charge in [-0.3, -0.25) is 9.59 Å². The Morgan fingerprint density at radius 1 is 1.12 bits per heavy atom. The van der Waals surface area contributed by atoms with E-state index in [1.807, 2.05) is 0 Å². The molecule has 0 radical (unpaired) electrons. The summed E-state index contributed by atoms with van der Waals surface area (Å²) in [5.41, 5.74) is 1.01. The first kappa shape index (κ1) is 18.4. The van der Waals surface area contributed by atoms with Gasteiger partial charge in [-0.15, -0.1) is 0 Å². The van der Waals surface area contributed by atoms with Gasteiger partial charge in [0.1, 0.15) is 17.3 Å². The van der Waals surface area contributed by atoms with Crippen molar-refractivity contribution in [3.63, 3.8) is 0 Å². The number of aryl methyl sites for hydroxylation is 1. The molecule has 2 aromatic rings. The van der Waals surface area contributed by atoms with Crippen LogP contribution in [0.25, 0.3) is 0 Å². The number of aromatic nitrogens is 2. The first-order chi connectivity index (χ1) is 12.5. The molecule has 0 bridgehead atoms. The first-order valence-corrected chi connectivity index (χ1v) is 8.78. The van der Waals surface area contributed by atoms with Gasteiger partial charge in [-0.2, -0.15) is 0 Å². The molecule has 1 aliphatic heterocycles. The van der Waals surface area contributed by atoms with Crippen LogP contribution < -0.4 is 5.32 Å².